The maximum atomic E-state index is 11.3. The molecule has 0 saturated heterocycles. The van der Waals surface area contributed by atoms with Crippen LogP contribution in [0.25, 0.3) is 0 Å². The number of amides is 1. The van der Waals surface area contributed by atoms with Gasteiger partial charge in [0, 0.05) is 13.1 Å². The lowest BCUT2D eigenvalue weighted by atomic mass is 10.1. The lowest BCUT2D eigenvalue weighted by molar-refractivity contribution is -0.121. The monoisotopic (exact) mass is 236 g/mol. The molecule has 0 spiro atoms. The summed E-state index contributed by atoms with van der Waals surface area (Å²) in [5.74, 6) is 0.808. The molecule has 0 aliphatic carbocycles. The van der Waals surface area contributed by atoms with Gasteiger partial charge in [-0.15, -0.1) is 0 Å². The summed E-state index contributed by atoms with van der Waals surface area (Å²) in [7, 11) is 0. The molecule has 0 aliphatic heterocycles. The molecule has 1 aromatic rings. The Kier molecular flexibility index (Phi) is 5.49. The predicted octanol–water partition coefficient (Wildman–Crippen LogP) is 1.15. The van der Waals surface area contributed by atoms with Crippen molar-refractivity contribution in [3.8, 4) is 5.75 Å². The van der Waals surface area contributed by atoms with Crippen molar-refractivity contribution in [1.82, 2.24) is 5.32 Å². The number of carbonyl (C=O) groups is 1. The predicted molar refractivity (Wildman–Crippen MR) is 68.1 cm³/mol. The maximum Gasteiger partial charge on any atom is 0.223 e. The number of nitrogens with one attached hydrogen (secondary N) is 1. The van der Waals surface area contributed by atoms with Gasteiger partial charge in [-0.25, -0.2) is 0 Å². The Morgan fingerprint density at radius 3 is 2.82 bits per heavy atom. The minimum atomic E-state index is -0.0276. The zero-order valence-corrected chi connectivity index (χ0v) is 10.5. The van der Waals surface area contributed by atoms with Gasteiger partial charge in [-0.1, -0.05) is 17.7 Å². The molecule has 94 valence electrons. The number of ether oxygens (including phenoxy) is 1. The molecule has 1 aromatic carbocycles. The molecule has 0 radical (unpaired) electrons. The molecule has 0 fully saturated rings. The SMILES string of the molecule is Cc1ccc(OCCC(=O)NCCN)c(C)c1. The molecule has 0 unspecified atom stereocenters. The summed E-state index contributed by atoms with van der Waals surface area (Å²) >= 11 is 0. The van der Waals surface area contributed by atoms with Gasteiger partial charge in [0.15, 0.2) is 0 Å². The molecule has 0 saturated carbocycles. The number of aryl methyl sites for hydroxylation is 2. The molecule has 0 aliphatic rings. The Hall–Kier alpha value is -1.55. The second-order valence-corrected chi connectivity index (χ2v) is 4.01. The van der Waals surface area contributed by atoms with E-state index in [-0.39, 0.29) is 5.91 Å². The van der Waals surface area contributed by atoms with Gasteiger partial charge in [0.05, 0.1) is 13.0 Å². The molecule has 0 bridgehead atoms. The molecule has 4 nitrogen and oxygen atoms in total. The lowest BCUT2D eigenvalue weighted by Gasteiger charge is -2.09. The second kappa shape index (κ2) is 6.91. The van der Waals surface area contributed by atoms with Gasteiger partial charge in [-0.3, -0.25) is 4.79 Å². The highest BCUT2D eigenvalue weighted by Crippen LogP contribution is 2.18. The van der Waals surface area contributed by atoms with Crippen LogP contribution in [0.3, 0.4) is 0 Å². The van der Waals surface area contributed by atoms with E-state index in [2.05, 4.69) is 11.4 Å². The van der Waals surface area contributed by atoms with Gasteiger partial charge in [-0.05, 0) is 25.5 Å². The lowest BCUT2D eigenvalue weighted by Crippen LogP contribution is -2.29. The summed E-state index contributed by atoms with van der Waals surface area (Å²) in [6.45, 7) is 5.40. The van der Waals surface area contributed by atoms with E-state index in [0.29, 0.717) is 26.1 Å². The van der Waals surface area contributed by atoms with Crippen molar-refractivity contribution >= 4 is 5.91 Å². The Labute approximate surface area is 102 Å². The van der Waals surface area contributed by atoms with E-state index in [1.54, 1.807) is 0 Å². The molecule has 4 heteroatoms. The van der Waals surface area contributed by atoms with Crippen LogP contribution in [0.4, 0.5) is 0 Å². The molecule has 0 aromatic heterocycles. The smallest absolute Gasteiger partial charge is 0.223 e. The van der Waals surface area contributed by atoms with E-state index in [9.17, 15) is 4.79 Å². The largest absolute Gasteiger partial charge is 0.493 e. The summed E-state index contributed by atoms with van der Waals surface area (Å²) < 4.78 is 5.55. The molecule has 1 rings (SSSR count). The number of nitrogens with two attached hydrogens (primary N) is 1. The number of benzene rings is 1. The summed E-state index contributed by atoms with van der Waals surface area (Å²) in [5.41, 5.74) is 7.58. The van der Waals surface area contributed by atoms with Crippen LogP contribution in [0.5, 0.6) is 5.75 Å². The van der Waals surface area contributed by atoms with Gasteiger partial charge < -0.3 is 15.8 Å². The van der Waals surface area contributed by atoms with Gasteiger partial charge in [0.2, 0.25) is 5.91 Å². The highest BCUT2D eigenvalue weighted by Gasteiger charge is 2.02. The topological polar surface area (TPSA) is 64.3 Å². The van der Waals surface area contributed by atoms with Crippen molar-refractivity contribution in [3.05, 3.63) is 29.3 Å². The third kappa shape index (κ3) is 4.87. The summed E-state index contributed by atoms with van der Waals surface area (Å²) in [6, 6.07) is 5.99. The van der Waals surface area contributed by atoms with Crippen LogP contribution in [0.2, 0.25) is 0 Å². The van der Waals surface area contributed by atoms with Crippen LogP contribution in [-0.4, -0.2) is 25.6 Å². The molecule has 17 heavy (non-hydrogen) atoms. The first-order chi connectivity index (χ1) is 8.13. The van der Waals surface area contributed by atoms with E-state index in [1.807, 2.05) is 26.0 Å². The number of hydrogen-bond donors (Lipinski definition) is 2. The van der Waals surface area contributed by atoms with E-state index in [0.717, 1.165) is 11.3 Å². The normalized spacial score (nSPS) is 10.1. The van der Waals surface area contributed by atoms with Crippen molar-refractivity contribution in [2.75, 3.05) is 19.7 Å². The van der Waals surface area contributed by atoms with Crippen LogP contribution >= 0.6 is 0 Å². The Morgan fingerprint density at radius 1 is 1.41 bits per heavy atom. The van der Waals surface area contributed by atoms with Crippen molar-refractivity contribution in [2.24, 2.45) is 5.73 Å². The number of hydrogen-bond acceptors (Lipinski definition) is 3. The Balaban J connectivity index is 2.33. The molecular formula is C13H20N2O2. The van der Waals surface area contributed by atoms with Crippen molar-refractivity contribution in [2.45, 2.75) is 20.3 Å². The molecule has 3 N–H and O–H groups in total. The van der Waals surface area contributed by atoms with E-state index in [1.165, 1.54) is 5.56 Å². The maximum absolute atomic E-state index is 11.3. The highest BCUT2D eigenvalue weighted by molar-refractivity contribution is 5.75. The molecular weight excluding hydrogens is 216 g/mol. The Bertz CT molecular complexity index is 378. The summed E-state index contributed by atoms with van der Waals surface area (Å²) in [6.07, 6.45) is 0.354. The number of rotatable bonds is 6. The number of carbonyl (C=O) groups excluding carboxylic acids is 1. The fourth-order valence-electron chi connectivity index (χ4n) is 1.51. The first kappa shape index (κ1) is 13.5. The first-order valence-corrected chi connectivity index (χ1v) is 5.80. The molecule has 0 atom stereocenters. The highest BCUT2D eigenvalue weighted by atomic mass is 16.5. The van der Waals surface area contributed by atoms with Gasteiger partial charge in [-0.2, -0.15) is 0 Å². The van der Waals surface area contributed by atoms with Gasteiger partial charge in [0.25, 0.3) is 0 Å². The fourth-order valence-corrected chi connectivity index (χ4v) is 1.51. The molecule has 0 heterocycles. The average molecular weight is 236 g/mol. The fraction of sp³-hybridized carbons (Fsp3) is 0.462. The summed E-state index contributed by atoms with van der Waals surface area (Å²) in [4.78, 5) is 11.3. The quantitative estimate of drug-likeness (QED) is 0.778. The third-order valence-electron chi connectivity index (χ3n) is 2.38. The third-order valence-corrected chi connectivity index (χ3v) is 2.38. The standard InChI is InChI=1S/C13H20N2O2/c1-10-3-4-12(11(2)9-10)17-8-5-13(16)15-7-6-14/h3-4,9H,5-8,14H2,1-2H3,(H,15,16). The van der Waals surface area contributed by atoms with Gasteiger partial charge >= 0.3 is 0 Å². The van der Waals surface area contributed by atoms with Crippen LogP contribution in [-0.2, 0) is 4.79 Å². The first-order valence-electron chi connectivity index (χ1n) is 5.80. The molecule has 1 amide bonds. The van der Waals surface area contributed by atoms with Crippen LogP contribution in [0, 0.1) is 13.8 Å². The van der Waals surface area contributed by atoms with Crippen LogP contribution in [0.1, 0.15) is 17.5 Å². The minimum absolute atomic E-state index is 0.0276. The van der Waals surface area contributed by atoms with Crippen LogP contribution < -0.4 is 15.8 Å². The zero-order chi connectivity index (χ0) is 12.7. The van der Waals surface area contributed by atoms with Crippen molar-refractivity contribution < 1.29 is 9.53 Å². The zero-order valence-electron chi connectivity index (χ0n) is 10.5. The van der Waals surface area contributed by atoms with Crippen LogP contribution in [0.15, 0.2) is 18.2 Å². The minimum Gasteiger partial charge on any atom is -0.493 e. The van der Waals surface area contributed by atoms with Crippen molar-refractivity contribution in [1.29, 1.82) is 0 Å². The summed E-state index contributed by atoms with van der Waals surface area (Å²) in [5, 5.41) is 2.70. The Morgan fingerprint density at radius 2 is 2.18 bits per heavy atom. The van der Waals surface area contributed by atoms with E-state index >= 15 is 0 Å². The van der Waals surface area contributed by atoms with Gasteiger partial charge in [0.1, 0.15) is 5.75 Å². The van der Waals surface area contributed by atoms with E-state index < -0.39 is 0 Å². The van der Waals surface area contributed by atoms with E-state index in [4.69, 9.17) is 10.5 Å². The second-order valence-electron chi connectivity index (χ2n) is 4.01. The van der Waals surface area contributed by atoms with Crippen molar-refractivity contribution in [3.63, 3.8) is 0 Å². The average Bonchev–Trinajstić information content (AvgIpc) is 2.29.